The molecule has 4 aromatic rings. The van der Waals surface area contributed by atoms with E-state index >= 15 is 0 Å². The topological polar surface area (TPSA) is 82.7 Å². The Bertz CT molecular complexity index is 1280. The van der Waals surface area contributed by atoms with Crippen LogP contribution in [0.2, 0.25) is 5.02 Å². The summed E-state index contributed by atoms with van der Waals surface area (Å²) in [5, 5.41) is 8.91. The third-order valence-electron chi connectivity index (χ3n) is 5.11. The molecule has 0 radical (unpaired) electrons. The van der Waals surface area contributed by atoms with Crippen molar-refractivity contribution in [2.75, 3.05) is 11.9 Å². The molecule has 1 atom stereocenters. The molecule has 0 unspecified atom stereocenters. The van der Waals surface area contributed by atoms with Crippen LogP contribution in [0.1, 0.15) is 17.1 Å². The van der Waals surface area contributed by atoms with Gasteiger partial charge in [-0.1, -0.05) is 11.6 Å². The fraction of sp³-hybridized carbons (Fsp3) is 0.300. The molecule has 1 N–H and O–H groups in total. The van der Waals surface area contributed by atoms with Crippen molar-refractivity contribution in [3.8, 4) is 11.6 Å². The Morgan fingerprint density at radius 1 is 1.23 bits per heavy atom. The van der Waals surface area contributed by atoms with Gasteiger partial charge in [-0.05, 0) is 32.9 Å². The van der Waals surface area contributed by atoms with E-state index in [2.05, 4.69) is 25.4 Å². The summed E-state index contributed by atoms with van der Waals surface area (Å²) in [6, 6.07) is 3.87. The monoisotopic (exact) mass is 427 g/mol. The van der Waals surface area contributed by atoms with Crippen LogP contribution in [-0.2, 0) is 6.54 Å². The second-order valence-electron chi connectivity index (χ2n) is 7.33. The first kappa shape index (κ1) is 18.8. The number of hydrogen-bond acceptors (Lipinski definition) is 6. The van der Waals surface area contributed by atoms with Gasteiger partial charge in [0, 0.05) is 18.1 Å². The van der Waals surface area contributed by atoms with Crippen LogP contribution in [0.25, 0.3) is 16.7 Å². The van der Waals surface area contributed by atoms with Crippen molar-refractivity contribution >= 4 is 34.3 Å². The summed E-state index contributed by atoms with van der Waals surface area (Å²) in [5.74, 6) is 0.630. The average Bonchev–Trinajstić information content (AvgIpc) is 3.17. The van der Waals surface area contributed by atoms with Crippen LogP contribution < -0.4 is 10.1 Å². The minimum Gasteiger partial charge on any atom is -0.472 e. The number of nitrogens with zero attached hydrogens (tertiary/aromatic N) is 6. The number of fused-ring (bicyclic) bond motifs is 2. The van der Waals surface area contributed by atoms with Gasteiger partial charge in [0.05, 0.1) is 34.0 Å². The minimum absolute atomic E-state index is 0.0652. The lowest BCUT2D eigenvalue weighted by Crippen LogP contribution is -2.19. The molecule has 0 saturated carbocycles. The lowest BCUT2D eigenvalue weighted by molar-refractivity contribution is 0.175. The summed E-state index contributed by atoms with van der Waals surface area (Å²) in [7, 11) is 0. The number of aromatic nitrogens is 6. The summed E-state index contributed by atoms with van der Waals surface area (Å²) in [4.78, 5) is 13.4. The van der Waals surface area contributed by atoms with Crippen LogP contribution in [-0.4, -0.2) is 42.1 Å². The van der Waals surface area contributed by atoms with Gasteiger partial charge in [-0.15, -0.1) is 5.10 Å². The first-order chi connectivity index (χ1) is 14.4. The Kier molecular flexibility index (Phi) is 4.35. The van der Waals surface area contributed by atoms with Crippen LogP contribution in [0.3, 0.4) is 0 Å². The maximum absolute atomic E-state index is 14.7. The fourth-order valence-electron chi connectivity index (χ4n) is 3.63. The van der Waals surface area contributed by atoms with Gasteiger partial charge in [0.2, 0.25) is 5.95 Å². The Morgan fingerprint density at radius 2 is 2.07 bits per heavy atom. The SMILES string of the molecule is Cc1ccc(-n2nc3c(c2C)Nc2ncc4c(Cl)cn(c4n2)C[C@H](F)CO3)c(C)n1. The van der Waals surface area contributed by atoms with Gasteiger partial charge in [-0.25, -0.2) is 14.1 Å². The Labute approximate surface area is 176 Å². The highest BCUT2D eigenvalue weighted by molar-refractivity contribution is 6.35. The van der Waals surface area contributed by atoms with Crippen molar-refractivity contribution in [2.45, 2.75) is 33.5 Å². The van der Waals surface area contributed by atoms with Gasteiger partial charge in [0.25, 0.3) is 5.88 Å². The molecule has 1 aliphatic rings. The van der Waals surface area contributed by atoms with Crippen molar-refractivity contribution in [3.63, 3.8) is 0 Å². The van der Waals surface area contributed by atoms with Crippen LogP contribution in [0.4, 0.5) is 16.0 Å². The number of aryl methyl sites for hydroxylation is 2. The standard InChI is InChI=1S/C20H19ClFN7O/c1-10-4-5-16(11(2)24-10)29-12(3)17-19(27-29)30-9-13(22)7-28-8-15(21)14-6-23-20(25-17)26-18(14)28/h4-6,8,13H,7,9H2,1-3H3,(H,23,25,26)/t13-/m0/s1. The number of halogens is 2. The van der Waals surface area contributed by atoms with Crippen molar-refractivity contribution in [3.05, 3.63) is 46.6 Å². The summed E-state index contributed by atoms with van der Waals surface area (Å²) in [5.41, 5.74) is 4.47. The van der Waals surface area contributed by atoms with E-state index in [1.807, 2.05) is 32.9 Å². The zero-order valence-corrected chi connectivity index (χ0v) is 17.4. The van der Waals surface area contributed by atoms with E-state index in [0.29, 0.717) is 27.7 Å². The molecule has 30 heavy (non-hydrogen) atoms. The molecule has 154 valence electrons. The molecule has 8 nitrogen and oxygen atoms in total. The third kappa shape index (κ3) is 3.06. The zero-order chi connectivity index (χ0) is 21.0. The average molecular weight is 428 g/mol. The second-order valence-corrected chi connectivity index (χ2v) is 7.74. The number of nitrogens with one attached hydrogen (secondary N) is 1. The molecular weight excluding hydrogens is 409 g/mol. The van der Waals surface area contributed by atoms with E-state index in [0.717, 1.165) is 22.8 Å². The predicted molar refractivity (Wildman–Crippen MR) is 112 cm³/mol. The normalized spacial score (nSPS) is 16.1. The molecule has 5 heterocycles. The first-order valence-electron chi connectivity index (χ1n) is 9.50. The van der Waals surface area contributed by atoms with Gasteiger partial charge >= 0.3 is 0 Å². The van der Waals surface area contributed by atoms with Crippen LogP contribution in [0.5, 0.6) is 5.88 Å². The zero-order valence-electron chi connectivity index (χ0n) is 16.6. The van der Waals surface area contributed by atoms with Crippen molar-refractivity contribution < 1.29 is 9.13 Å². The molecule has 0 amide bonds. The fourth-order valence-corrected chi connectivity index (χ4v) is 3.88. The molecule has 0 aliphatic carbocycles. The van der Waals surface area contributed by atoms with Crippen molar-refractivity contribution in [2.24, 2.45) is 0 Å². The van der Waals surface area contributed by atoms with E-state index in [-0.39, 0.29) is 19.0 Å². The Morgan fingerprint density at radius 3 is 2.87 bits per heavy atom. The lowest BCUT2D eigenvalue weighted by atomic mass is 10.2. The third-order valence-corrected chi connectivity index (χ3v) is 5.41. The summed E-state index contributed by atoms with van der Waals surface area (Å²) < 4.78 is 23.9. The van der Waals surface area contributed by atoms with E-state index in [4.69, 9.17) is 16.3 Å². The summed E-state index contributed by atoms with van der Waals surface area (Å²) in [6.45, 7) is 5.66. The van der Waals surface area contributed by atoms with Gasteiger partial charge in [-0.3, -0.25) is 4.98 Å². The maximum atomic E-state index is 14.7. The van der Waals surface area contributed by atoms with Gasteiger partial charge in [-0.2, -0.15) is 4.98 Å². The molecule has 0 spiro atoms. The molecule has 0 fully saturated rings. The highest BCUT2D eigenvalue weighted by Gasteiger charge is 2.23. The van der Waals surface area contributed by atoms with E-state index in [1.165, 1.54) is 0 Å². The second kappa shape index (κ2) is 6.94. The van der Waals surface area contributed by atoms with E-state index < -0.39 is 6.17 Å². The van der Waals surface area contributed by atoms with Crippen molar-refractivity contribution in [1.82, 2.24) is 29.3 Å². The van der Waals surface area contributed by atoms with Crippen LogP contribution in [0, 0.1) is 20.8 Å². The number of pyridine rings is 1. The van der Waals surface area contributed by atoms with Crippen LogP contribution >= 0.6 is 11.6 Å². The van der Waals surface area contributed by atoms with Crippen molar-refractivity contribution in [1.29, 1.82) is 0 Å². The first-order valence-corrected chi connectivity index (χ1v) is 9.88. The maximum Gasteiger partial charge on any atom is 0.257 e. The number of alkyl halides is 1. The largest absolute Gasteiger partial charge is 0.472 e. The van der Waals surface area contributed by atoms with Gasteiger partial charge in [0.15, 0.2) is 6.17 Å². The highest BCUT2D eigenvalue weighted by Crippen LogP contribution is 2.34. The number of rotatable bonds is 1. The quantitative estimate of drug-likeness (QED) is 0.493. The summed E-state index contributed by atoms with van der Waals surface area (Å²) >= 11 is 6.26. The molecule has 10 heteroatoms. The Hall–Kier alpha value is -3.20. The number of ether oxygens (including phenoxy) is 1. The molecular formula is C20H19ClFN7O. The van der Waals surface area contributed by atoms with E-state index in [9.17, 15) is 4.39 Å². The van der Waals surface area contributed by atoms with E-state index in [1.54, 1.807) is 21.6 Å². The lowest BCUT2D eigenvalue weighted by Gasteiger charge is -2.10. The molecule has 0 aromatic carbocycles. The molecule has 4 aromatic heterocycles. The van der Waals surface area contributed by atoms with Gasteiger partial charge in [0.1, 0.15) is 17.9 Å². The smallest absolute Gasteiger partial charge is 0.257 e. The molecule has 1 aliphatic heterocycles. The van der Waals surface area contributed by atoms with Crippen LogP contribution in [0.15, 0.2) is 24.5 Å². The van der Waals surface area contributed by atoms with Gasteiger partial charge < -0.3 is 14.6 Å². The molecule has 5 rings (SSSR count). The highest BCUT2D eigenvalue weighted by atomic mass is 35.5. The minimum atomic E-state index is -1.27. The predicted octanol–water partition coefficient (Wildman–Crippen LogP) is 4.06. The number of anilines is 2. The number of hydrogen-bond donors (Lipinski definition) is 1. The molecule has 0 saturated heterocycles. The Balaban J connectivity index is 1.66. The summed E-state index contributed by atoms with van der Waals surface area (Å²) in [6.07, 6.45) is 2.02. The molecule has 2 bridgehead atoms.